The first kappa shape index (κ1) is 20.7. The second-order valence-corrected chi connectivity index (χ2v) is 8.35. The van der Waals surface area contributed by atoms with E-state index in [0.29, 0.717) is 6.61 Å². The van der Waals surface area contributed by atoms with Crippen molar-refractivity contribution in [3.8, 4) is 16.9 Å². The average Bonchev–Trinajstić information content (AvgIpc) is 2.88. The second kappa shape index (κ2) is 9.15. The zero-order chi connectivity index (χ0) is 21.8. The van der Waals surface area contributed by atoms with Crippen LogP contribution < -0.4 is 4.74 Å². The van der Waals surface area contributed by atoms with Crippen LogP contribution in [0.25, 0.3) is 21.9 Å². The Morgan fingerprint density at radius 2 is 1.62 bits per heavy atom. The third-order valence-corrected chi connectivity index (χ3v) is 6.49. The summed E-state index contributed by atoms with van der Waals surface area (Å²) in [5.41, 5.74) is 4.55. The maximum Gasteiger partial charge on any atom is 0.120 e. The van der Waals surface area contributed by atoms with Gasteiger partial charge in [0.05, 0.1) is 5.60 Å². The fraction of sp³-hybridized carbons (Fsp3) is 0.241. The van der Waals surface area contributed by atoms with Gasteiger partial charge in [-0.05, 0) is 51.2 Å². The van der Waals surface area contributed by atoms with Crippen molar-refractivity contribution in [1.29, 1.82) is 0 Å². The summed E-state index contributed by atoms with van der Waals surface area (Å²) >= 11 is 0. The normalized spacial score (nSPS) is 15.5. The molecule has 1 fully saturated rings. The van der Waals surface area contributed by atoms with Crippen molar-refractivity contribution < 1.29 is 14.2 Å². The van der Waals surface area contributed by atoms with Gasteiger partial charge >= 0.3 is 0 Å². The van der Waals surface area contributed by atoms with Gasteiger partial charge in [-0.2, -0.15) is 0 Å². The molecule has 0 bridgehead atoms. The molecule has 0 aliphatic carbocycles. The maximum atomic E-state index is 6.19. The Morgan fingerprint density at radius 3 is 2.44 bits per heavy atom. The van der Waals surface area contributed by atoms with Crippen molar-refractivity contribution in [2.45, 2.75) is 25.0 Å². The fourth-order valence-corrected chi connectivity index (χ4v) is 4.64. The first-order chi connectivity index (χ1) is 15.8. The molecule has 5 rings (SSSR count). The van der Waals surface area contributed by atoms with Crippen molar-refractivity contribution in [3.63, 3.8) is 0 Å². The first-order valence-electron chi connectivity index (χ1n) is 11.2. The maximum absolute atomic E-state index is 6.19. The number of methoxy groups -OCH3 is 1. The van der Waals surface area contributed by atoms with Crippen molar-refractivity contribution in [1.82, 2.24) is 0 Å². The van der Waals surface area contributed by atoms with Gasteiger partial charge in [0.15, 0.2) is 0 Å². The smallest absolute Gasteiger partial charge is 0.120 e. The van der Waals surface area contributed by atoms with Gasteiger partial charge in [0.2, 0.25) is 0 Å². The van der Waals surface area contributed by atoms with Crippen molar-refractivity contribution in [3.05, 3.63) is 102 Å². The van der Waals surface area contributed by atoms with E-state index >= 15 is 0 Å². The number of fused-ring (bicyclic) bond motifs is 1. The highest BCUT2D eigenvalue weighted by molar-refractivity contribution is 5.97. The Bertz CT molecular complexity index is 1190. The van der Waals surface area contributed by atoms with Crippen LogP contribution in [-0.4, -0.2) is 20.3 Å². The average molecular weight is 425 g/mol. The summed E-state index contributed by atoms with van der Waals surface area (Å²) < 4.78 is 17.7. The van der Waals surface area contributed by atoms with Crippen LogP contribution in [0.1, 0.15) is 24.0 Å². The first-order valence-corrected chi connectivity index (χ1v) is 11.2. The number of hydrogen-bond acceptors (Lipinski definition) is 3. The van der Waals surface area contributed by atoms with Crippen molar-refractivity contribution >= 4 is 10.8 Å². The van der Waals surface area contributed by atoms with Crippen LogP contribution in [0.15, 0.2) is 91.0 Å². The van der Waals surface area contributed by atoms with E-state index in [0.717, 1.165) is 37.4 Å². The summed E-state index contributed by atoms with van der Waals surface area (Å²) in [5, 5.41) is 2.41. The lowest BCUT2D eigenvalue weighted by molar-refractivity contribution is -0.0948. The Hall–Kier alpha value is -3.14. The molecule has 32 heavy (non-hydrogen) atoms. The Labute approximate surface area is 189 Å². The number of ether oxygens (including phenoxy) is 3. The lowest BCUT2D eigenvalue weighted by Crippen LogP contribution is -2.35. The summed E-state index contributed by atoms with van der Waals surface area (Å²) in [4.78, 5) is 0. The summed E-state index contributed by atoms with van der Waals surface area (Å²) in [6, 6.07) is 31.8. The van der Waals surface area contributed by atoms with E-state index in [4.69, 9.17) is 14.2 Å². The molecule has 4 aromatic carbocycles. The lowest BCUT2D eigenvalue weighted by Gasteiger charge is -2.36. The molecule has 4 aromatic rings. The van der Waals surface area contributed by atoms with Crippen LogP contribution in [0.3, 0.4) is 0 Å². The molecule has 0 saturated carbocycles. The highest BCUT2D eigenvalue weighted by Gasteiger charge is 2.34. The number of benzene rings is 4. The van der Waals surface area contributed by atoms with Gasteiger partial charge in [-0.15, -0.1) is 0 Å². The van der Waals surface area contributed by atoms with Gasteiger partial charge in [-0.25, -0.2) is 0 Å². The van der Waals surface area contributed by atoms with Gasteiger partial charge in [-0.1, -0.05) is 72.8 Å². The molecular formula is C29H28O3. The van der Waals surface area contributed by atoms with Crippen molar-refractivity contribution in [2.24, 2.45) is 0 Å². The minimum Gasteiger partial charge on any atom is -0.489 e. The molecule has 0 radical (unpaired) electrons. The predicted octanol–water partition coefficient (Wildman–Crippen LogP) is 6.74. The van der Waals surface area contributed by atoms with Crippen LogP contribution in [0.2, 0.25) is 0 Å². The lowest BCUT2D eigenvalue weighted by atomic mass is 9.85. The SMILES string of the molecule is COC1(c2cccc(COc3ccc4c(-c5ccccc5)cccc4c3)c2)CCOCC1. The van der Waals surface area contributed by atoms with Gasteiger partial charge in [0.1, 0.15) is 12.4 Å². The van der Waals surface area contributed by atoms with Gasteiger partial charge in [0, 0.05) is 33.2 Å². The Kier molecular flexibility index (Phi) is 5.93. The Morgan fingerprint density at radius 1 is 0.812 bits per heavy atom. The van der Waals surface area contributed by atoms with E-state index < -0.39 is 0 Å². The van der Waals surface area contributed by atoms with Crippen LogP contribution in [0.5, 0.6) is 5.75 Å². The van der Waals surface area contributed by atoms with Crippen LogP contribution in [0, 0.1) is 0 Å². The van der Waals surface area contributed by atoms with Gasteiger partial charge in [0.25, 0.3) is 0 Å². The molecule has 0 unspecified atom stereocenters. The molecule has 0 aromatic heterocycles. The molecule has 3 heteroatoms. The molecular weight excluding hydrogens is 396 g/mol. The molecule has 0 spiro atoms. The van der Waals surface area contributed by atoms with E-state index in [9.17, 15) is 0 Å². The molecule has 3 nitrogen and oxygen atoms in total. The highest BCUT2D eigenvalue weighted by Crippen LogP contribution is 2.36. The van der Waals surface area contributed by atoms with Crippen molar-refractivity contribution in [2.75, 3.05) is 20.3 Å². The van der Waals surface area contributed by atoms with E-state index in [1.807, 2.05) is 6.07 Å². The highest BCUT2D eigenvalue weighted by atomic mass is 16.5. The quantitative estimate of drug-likeness (QED) is 0.343. The molecule has 1 saturated heterocycles. The summed E-state index contributed by atoms with van der Waals surface area (Å²) in [6.07, 6.45) is 1.75. The monoisotopic (exact) mass is 424 g/mol. The summed E-state index contributed by atoms with van der Waals surface area (Å²) in [5.74, 6) is 0.876. The molecule has 162 valence electrons. The van der Waals surface area contributed by atoms with Crippen LogP contribution in [0.4, 0.5) is 0 Å². The molecule has 1 aliphatic rings. The van der Waals surface area contributed by atoms with E-state index in [2.05, 4.69) is 84.9 Å². The number of hydrogen-bond donors (Lipinski definition) is 0. The zero-order valence-corrected chi connectivity index (χ0v) is 18.4. The molecule has 0 N–H and O–H groups in total. The molecule has 0 atom stereocenters. The standard InChI is InChI=1S/C29H28O3/c1-30-29(15-17-31-18-16-29)25-11-5-7-22(19-25)21-32-26-13-14-28-24(20-26)10-6-12-27(28)23-8-3-2-4-9-23/h2-14,19-20H,15-18,21H2,1H3. The summed E-state index contributed by atoms with van der Waals surface area (Å²) in [6.45, 7) is 1.99. The minimum absolute atomic E-state index is 0.259. The molecule has 0 amide bonds. The predicted molar refractivity (Wildman–Crippen MR) is 129 cm³/mol. The number of rotatable bonds is 6. The molecule has 1 aliphatic heterocycles. The van der Waals surface area contributed by atoms with Gasteiger partial charge in [-0.3, -0.25) is 0 Å². The Balaban J connectivity index is 1.36. The largest absolute Gasteiger partial charge is 0.489 e. The van der Waals surface area contributed by atoms with E-state index in [1.54, 1.807) is 7.11 Å². The van der Waals surface area contributed by atoms with Gasteiger partial charge < -0.3 is 14.2 Å². The minimum atomic E-state index is -0.259. The third kappa shape index (κ3) is 4.14. The van der Waals surface area contributed by atoms with E-state index in [-0.39, 0.29) is 5.60 Å². The second-order valence-electron chi connectivity index (χ2n) is 8.35. The zero-order valence-electron chi connectivity index (χ0n) is 18.4. The molecule has 1 heterocycles. The van der Waals surface area contributed by atoms with E-state index in [1.165, 1.54) is 27.5 Å². The fourth-order valence-electron chi connectivity index (χ4n) is 4.64. The summed E-state index contributed by atoms with van der Waals surface area (Å²) in [7, 11) is 1.80. The van der Waals surface area contributed by atoms with Crippen LogP contribution >= 0.6 is 0 Å². The third-order valence-electron chi connectivity index (χ3n) is 6.49. The topological polar surface area (TPSA) is 27.7 Å². The van der Waals surface area contributed by atoms with Crippen LogP contribution in [-0.2, 0) is 21.7 Å².